The summed E-state index contributed by atoms with van der Waals surface area (Å²) in [4.78, 5) is 60.3. The van der Waals surface area contributed by atoms with Gasteiger partial charge in [-0.15, -0.1) is 0 Å². The van der Waals surface area contributed by atoms with Crippen molar-refractivity contribution in [2.24, 2.45) is 0 Å². The van der Waals surface area contributed by atoms with E-state index in [4.69, 9.17) is 0 Å². The number of nitrogens with one attached hydrogen (secondary N) is 1. The number of carbonyl (C=O) groups is 2. The Morgan fingerprint density at radius 3 is 2.24 bits per heavy atom. The van der Waals surface area contributed by atoms with Crippen molar-refractivity contribution >= 4 is 28.5 Å². The molecule has 0 bridgehead atoms. The van der Waals surface area contributed by atoms with Gasteiger partial charge in [-0.1, -0.05) is 36.4 Å². The standard InChI is InChI=1S/C28H27N5O4/c1-19-17-22(26(35)31-15-9-4-10-16-31)24-25(29-19)33(21-13-7-3-8-14-21)28(37)32(27(24)36)18-23(34)30-20-11-5-2-6-12-20/h2-3,5-8,11-14,17H,4,9-10,15-16,18H2,1H3,(H,30,34). The molecule has 9 nitrogen and oxygen atoms in total. The number of hydrogen-bond acceptors (Lipinski definition) is 5. The number of likely N-dealkylation sites (tertiary alicyclic amines) is 1. The Morgan fingerprint density at radius 1 is 0.919 bits per heavy atom. The van der Waals surface area contributed by atoms with Crippen molar-refractivity contribution < 1.29 is 9.59 Å². The number of aromatic nitrogens is 3. The first-order valence-electron chi connectivity index (χ1n) is 12.3. The molecule has 1 fully saturated rings. The van der Waals surface area contributed by atoms with Gasteiger partial charge in [-0.2, -0.15) is 0 Å². The molecule has 3 heterocycles. The maximum atomic E-state index is 13.8. The Labute approximate surface area is 213 Å². The second-order valence-electron chi connectivity index (χ2n) is 9.12. The van der Waals surface area contributed by atoms with Gasteiger partial charge in [0.15, 0.2) is 5.65 Å². The highest BCUT2D eigenvalue weighted by Gasteiger charge is 2.26. The molecule has 1 aliphatic rings. The van der Waals surface area contributed by atoms with Crippen LogP contribution in [0, 0.1) is 6.92 Å². The molecule has 37 heavy (non-hydrogen) atoms. The van der Waals surface area contributed by atoms with Crippen molar-refractivity contribution in [1.29, 1.82) is 0 Å². The zero-order valence-electron chi connectivity index (χ0n) is 20.5. The lowest BCUT2D eigenvalue weighted by Crippen LogP contribution is -2.43. The summed E-state index contributed by atoms with van der Waals surface area (Å²) in [7, 11) is 0. The lowest BCUT2D eigenvalue weighted by atomic mass is 10.1. The zero-order valence-corrected chi connectivity index (χ0v) is 20.5. The summed E-state index contributed by atoms with van der Waals surface area (Å²) >= 11 is 0. The van der Waals surface area contributed by atoms with Gasteiger partial charge in [0.1, 0.15) is 6.54 Å². The fraction of sp³-hybridized carbons (Fsp3) is 0.250. The number of anilines is 1. The lowest BCUT2D eigenvalue weighted by molar-refractivity contribution is -0.116. The number of piperidine rings is 1. The predicted molar refractivity (Wildman–Crippen MR) is 141 cm³/mol. The highest BCUT2D eigenvalue weighted by Crippen LogP contribution is 2.21. The van der Waals surface area contributed by atoms with E-state index in [-0.39, 0.29) is 22.5 Å². The number of hydrogen-bond donors (Lipinski definition) is 1. The molecule has 0 saturated carbocycles. The fourth-order valence-corrected chi connectivity index (χ4v) is 4.71. The topological polar surface area (TPSA) is 106 Å². The molecule has 1 N–H and O–H groups in total. The zero-order chi connectivity index (χ0) is 25.9. The summed E-state index contributed by atoms with van der Waals surface area (Å²) in [5.74, 6) is -0.806. The first-order chi connectivity index (χ1) is 17.9. The number of rotatable bonds is 5. The van der Waals surface area contributed by atoms with Gasteiger partial charge < -0.3 is 10.2 Å². The molecule has 1 aliphatic heterocycles. The number of nitrogens with zero attached hydrogens (tertiary/aromatic N) is 4. The predicted octanol–water partition coefficient (Wildman–Crippen LogP) is 3.12. The number of aryl methyl sites for hydroxylation is 1. The Hall–Kier alpha value is -4.53. The van der Waals surface area contributed by atoms with E-state index in [1.165, 1.54) is 4.57 Å². The van der Waals surface area contributed by atoms with Gasteiger partial charge in [-0.05, 0) is 56.5 Å². The Kier molecular flexibility index (Phi) is 6.68. The monoisotopic (exact) mass is 497 g/mol. The minimum absolute atomic E-state index is 0.0251. The van der Waals surface area contributed by atoms with Crippen molar-refractivity contribution in [3.05, 3.63) is 98.8 Å². The van der Waals surface area contributed by atoms with Gasteiger partial charge in [-0.3, -0.25) is 14.4 Å². The third-order valence-electron chi connectivity index (χ3n) is 6.47. The average Bonchev–Trinajstić information content (AvgIpc) is 2.92. The maximum absolute atomic E-state index is 13.8. The molecule has 9 heteroatoms. The van der Waals surface area contributed by atoms with Gasteiger partial charge in [-0.25, -0.2) is 18.9 Å². The number of pyridine rings is 1. The van der Waals surface area contributed by atoms with Crippen LogP contribution in [0.3, 0.4) is 0 Å². The highest BCUT2D eigenvalue weighted by atomic mass is 16.2. The van der Waals surface area contributed by atoms with Crippen LogP contribution in [0.1, 0.15) is 35.3 Å². The van der Waals surface area contributed by atoms with Crippen LogP contribution in [0.4, 0.5) is 5.69 Å². The molecule has 0 spiro atoms. The second kappa shape index (κ2) is 10.2. The van der Waals surface area contributed by atoms with E-state index in [0.717, 1.165) is 23.8 Å². The van der Waals surface area contributed by atoms with Gasteiger partial charge >= 0.3 is 5.69 Å². The first-order valence-corrected chi connectivity index (χ1v) is 12.3. The van der Waals surface area contributed by atoms with E-state index in [1.54, 1.807) is 66.4 Å². The summed E-state index contributed by atoms with van der Waals surface area (Å²) in [6.07, 6.45) is 2.84. The molecule has 0 radical (unpaired) electrons. The Bertz CT molecular complexity index is 1590. The van der Waals surface area contributed by atoms with E-state index in [0.29, 0.717) is 30.2 Å². The molecule has 2 aromatic heterocycles. The van der Waals surface area contributed by atoms with E-state index in [1.807, 2.05) is 12.1 Å². The Morgan fingerprint density at radius 2 is 1.57 bits per heavy atom. The number of carbonyl (C=O) groups excluding carboxylic acids is 2. The molecule has 0 unspecified atom stereocenters. The molecular weight excluding hydrogens is 470 g/mol. The Balaban J connectivity index is 1.72. The number of benzene rings is 2. The van der Waals surface area contributed by atoms with Crippen LogP contribution in [-0.4, -0.2) is 43.9 Å². The molecule has 0 atom stereocenters. The molecule has 0 aliphatic carbocycles. The SMILES string of the molecule is Cc1cc(C(=O)N2CCCCC2)c2c(=O)n(CC(=O)Nc3ccccc3)c(=O)n(-c3ccccc3)c2n1. The largest absolute Gasteiger partial charge is 0.339 e. The lowest BCUT2D eigenvalue weighted by Gasteiger charge is -2.27. The molecule has 188 valence electrons. The highest BCUT2D eigenvalue weighted by molar-refractivity contribution is 6.05. The molecule has 4 aromatic rings. The normalized spacial score (nSPS) is 13.5. The number of para-hydroxylation sites is 2. The van der Waals surface area contributed by atoms with Crippen molar-refractivity contribution in [1.82, 2.24) is 19.0 Å². The summed E-state index contributed by atoms with van der Waals surface area (Å²) in [6, 6.07) is 19.2. The van der Waals surface area contributed by atoms with Crippen LogP contribution in [0.25, 0.3) is 16.7 Å². The van der Waals surface area contributed by atoms with Gasteiger partial charge in [0.05, 0.1) is 16.6 Å². The smallest absolute Gasteiger partial charge is 0.337 e. The van der Waals surface area contributed by atoms with Crippen LogP contribution in [-0.2, 0) is 11.3 Å². The minimum Gasteiger partial charge on any atom is -0.339 e. The fourth-order valence-electron chi connectivity index (χ4n) is 4.71. The van der Waals surface area contributed by atoms with Crippen LogP contribution >= 0.6 is 0 Å². The third-order valence-corrected chi connectivity index (χ3v) is 6.47. The minimum atomic E-state index is -0.719. The summed E-state index contributed by atoms with van der Waals surface area (Å²) < 4.78 is 2.17. The summed E-state index contributed by atoms with van der Waals surface area (Å²) in [5, 5.41) is 2.74. The van der Waals surface area contributed by atoms with E-state index in [2.05, 4.69) is 10.3 Å². The van der Waals surface area contributed by atoms with Crippen LogP contribution in [0.2, 0.25) is 0 Å². The molecule has 1 saturated heterocycles. The van der Waals surface area contributed by atoms with Crippen LogP contribution in [0.15, 0.2) is 76.3 Å². The molecule has 2 amide bonds. The summed E-state index contributed by atoms with van der Waals surface area (Å²) in [5.41, 5.74) is 0.394. The molecular formula is C28H27N5O4. The third kappa shape index (κ3) is 4.80. The van der Waals surface area contributed by atoms with Crippen molar-refractivity contribution in [3.63, 3.8) is 0 Å². The van der Waals surface area contributed by atoms with Gasteiger partial charge in [0, 0.05) is 24.5 Å². The number of fused-ring (bicyclic) bond motifs is 1. The summed E-state index contributed by atoms with van der Waals surface area (Å²) in [6.45, 7) is 2.42. The van der Waals surface area contributed by atoms with Gasteiger partial charge in [0.2, 0.25) is 5.91 Å². The quantitative estimate of drug-likeness (QED) is 0.456. The van der Waals surface area contributed by atoms with Crippen molar-refractivity contribution in [2.45, 2.75) is 32.7 Å². The van der Waals surface area contributed by atoms with E-state index < -0.39 is 23.7 Å². The first kappa shape index (κ1) is 24.2. The maximum Gasteiger partial charge on any atom is 0.337 e. The number of amides is 2. The molecule has 2 aromatic carbocycles. The van der Waals surface area contributed by atoms with Gasteiger partial charge in [0.25, 0.3) is 11.5 Å². The van der Waals surface area contributed by atoms with E-state index >= 15 is 0 Å². The van der Waals surface area contributed by atoms with Crippen LogP contribution < -0.4 is 16.6 Å². The second-order valence-corrected chi connectivity index (χ2v) is 9.12. The molecule has 5 rings (SSSR count). The van der Waals surface area contributed by atoms with Crippen LogP contribution in [0.5, 0.6) is 0 Å². The van der Waals surface area contributed by atoms with E-state index in [9.17, 15) is 19.2 Å². The van der Waals surface area contributed by atoms with Crippen molar-refractivity contribution in [3.8, 4) is 5.69 Å². The average molecular weight is 498 g/mol. The van der Waals surface area contributed by atoms with Crippen molar-refractivity contribution in [2.75, 3.05) is 18.4 Å².